The fraction of sp³-hybridized carbons (Fsp3) is 0.933. The van der Waals surface area contributed by atoms with E-state index in [0.29, 0.717) is 11.8 Å². The van der Waals surface area contributed by atoms with Crippen molar-refractivity contribution >= 4 is 5.91 Å². The molecule has 106 valence electrons. The first-order valence-corrected chi connectivity index (χ1v) is 7.70. The summed E-state index contributed by atoms with van der Waals surface area (Å²) in [6.45, 7) is 9.65. The van der Waals surface area contributed by atoms with Crippen molar-refractivity contribution in [1.29, 1.82) is 0 Å². The average molecular weight is 254 g/mol. The maximum atomic E-state index is 12.3. The first kappa shape index (κ1) is 15.5. The van der Waals surface area contributed by atoms with Gasteiger partial charge in [-0.25, -0.2) is 0 Å². The van der Waals surface area contributed by atoms with Crippen molar-refractivity contribution in [2.24, 2.45) is 5.92 Å². The standard InChI is InChI=1S/C15H30N2O/c1-5-8-10-13(7-3)11-17-12(4)16-14(9-6-2)15(17)18/h12-14,16H,5-11H2,1-4H3. The Labute approximate surface area is 112 Å². The molecule has 3 atom stereocenters. The number of nitrogens with one attached hydrogen (secondary N) is 1. The van der Waals surface area contributed by atoms with Crippen molar-refractivity contribution in [2.75, 3.05) is 6.54 Å². The van der Waals surface area contributed by atoms with Gasteiger partial charge < -0.3 is 4.90 Å². The van der Waals surface area contributed by atoms with E-state index < -0.39 is 0 Å². The molecule has 1 N–H and O–H groups in total. The molecular weight excluding hydrogens is 224 g/mol. The zero-order valence-corrected chi connectivity index (χ0v) is 12.5. The van der Waals surface area contributed by atoms with Crippen LogP contribution >= 0.6 is 0 Å². The van der Waals surface area contributed by atoms with Crippen molar-refractivity contribution in [1.82, 2.24) is 10.2 Å². The third-order valence-electron chi connectivity index (χ3n) is 4.07. The largest absolute Gasteiger partial charge is 0.326 e. The van der Waals surface area contributed by atoms with Gasteiger partial charge in [0.2, 0.25) is 5.91 Å². The number of amides is 1. The molecule has 3 nitrogen and oxygen atoms in total. The Hall–Kier alpha value is -0.570. The molecule has 3 unspecified atom stereocenters. The van der Waals surface area contributed by atoms with Crippen LogP contribution in [0.5, 0.6) is 0 Å². The van der Waals surface area contributed by atoms with E-state index in [4.69, 9.17) is 0 Å². The highest BCUT2D eigenvalue weighted by Gasteiger charge is 2.36. The van der Waals surface area contributed by atoms with Crippen molar-refractivity contribution in [2.45, 2.75) is 78.4 Å². The van der Waals surface area contributed by atoms with E-state index in [9.17, 15) is 4.79 Å². The fourth-order valence-corrected chi connectivity index (χ4v) is 2.78. The Balaban J connectivity index is 2.51. The third kappa shape index (κ3) is 3.98. The number of unbranched alkanes of at least 4 members (excludes halogenated alkanes) is 1. The van der Waals surface area contributed by atoms with Crippen LogP contribution in [0.15, 0.2) is 0 Å². The molecule has 0 aromatic rings. The summed E-state index contributed by atoms with van der Waals surface area (Å²) < 4.78 is 0. The number of nitrogens with zero attached hydrogens (tertiary/aromatic N) is 1. The Bertz CT molecular complexity index is 255. The fourth-order valence-electron chi connectivity index (χ4n) is 2.78. The predicted molar refractivity (Wildman–Crippen MR) is 76.3 cm³/mol. The summed E-state index contributed by atoms with van der Waals surface area (Å²) in [7, 11) is 0. The lowest BCUT2D eigenvalue weighted by molar-refractivity contribution is -0.130. The van der Waals surface area contributed by atoms with Crippen LogP contribution in [0.4, 0.5) is 0 Å². The molecule has 1 fully saturated rings. The van der Waals surface area contributed by atoms with Crippen molar-refractivity contribution in [3.8, 4) is 0 Å². The zero-order chi connectivity index (χ0) is 13.5. The molecule has 1 aliphatic heterocycles. The number of rotatable bonds is 8. The lowest BCUT2D eigenvalue weighted by atomic mass is 9.98. The normalized spacial score (nSPS) is 25.8. The van der Waals surface area contributed by atoms with Crippen LogP contribution in [0, 0.1) is 5.92 Å². The molecule has 0 radical (unpaired) electrons. The Morgan fingerprint density at radius 3 is 2.56 bits per heavy atom. The lowest BCUT2D eigenvalue weighted by Crippen LogP contribution is -2.38. The number of hydrogen-bond donors (Lipinski definition) is 1. The molecule has 1 aliphatic rings. The van der Waals surface area contributed by atoms with E-state index in [1.54, 1.807) is 0 Å². The highest BCUT2D eigenvalue weighted by atomic mass is 16.2. The van der Waals surface area contributed by atoms with E-state index in [1.165, 1.54) is 25.7 Å². The van der Waals surface area contributed by atoms with E-state index in [-0.39, 0.29) is 12.2 Å². The minimum absolute atomic E-state index is 0.0636. The molecule has 0 spiro atoms. The van der Waals surface area contributed by atoms with Crippen LogP contribution in [-0.2, 0) is 4.79 Å². The Morgan fingerprint density at radius 1 is 1.28 bits per heavy atom. The topological polar surface area (TPSA) is 32.3 Å². The highest BCUT2D eigenvalue weighted by Crippen LogP contribution is 2.20. The number of hydrogen-bond acceptors (Lipinski definition) is 2. The van der Waals surface area contributed by atoms with Gasteiger partial charge in [-0.2, -0.15) is 0 Å². The Morgan fingerprint density at radius 2 is 2.00 bits per heavy atom. The quantitative estimate of drug-likeness (QED) is 0.721. The van der Waals surface area contributed by atoms with Crippen LogP contribution < -0.4 is 5.32 Å². The molecule has 1 amide bonds. The molecule has 0 saturated carbocycles. The molecule has 0 aromatic carbocycles. The minimum Gasteiger partial charge on any atom is -0.326 e. The zero-order valence-electron chi connectivity index (χ0n) is 12.5. The summed E-state index contributed by atoms with van der Waals surface area (Å²) in [5.41, 5.74) is 0. The number of carbonyl (C=O) groups excluding carboxylic acids is 1. The van der Waals surface area contributed by atoms with Gasteiger partial charge in [0.15, 0.2) is 0 Å². The second-order valence-corrected chi connectivity index (χ2v) is 5.59. The van der Waals surface area contributed by atoms with E-state index in [0.717, 1.165) is 19.4 Å². The van der Waals surface area contributed by atoms with Crippen LogP contribution in [0.1, 0.15) is 66.2 Å². The van der Waals surface area contributed by atoms with Gasteiger partial charge in [0.1, 0.15) is 0 Å². The maximum absolute atomic E-state index is 12.3. The van der Waals surface area contributed by atoms with Crippen molar-refractivity contribution in [3.05, 3.63) is 0 Å². The summed E-state index contributed by atoms with van der Waals surface area (Å²) >= 11 is 0. The second-order valence-electron chi connectivity index (χ2n) is 5.59. The van der Waals surface area contributed by atoms with Gasteiger partial charge >= 0.3 is 0 Å². The van der Waals surface area contributed by atoms with E-state index in [2.05, 4.69) is 37.9 Å². The molecule has 1 heterocycles. The average Bonchev–Trinajstić information content (AvgIpc) is 2.62. The molecule has 3 heteroatoms. The van der Waals surface area contributed by atoms with Crippen LogP contribution in [0.3, 0.4) is 0 Å². The summed E-state index contributed by atoms with van der Waals surface area (Å²) in [5.74, 6) is 0.984. The molecule has 0 aliphatic carbocycles. The van der Waals surface area contributed by atoms with E-state index >= 15 is 0 Å². The summed E-state index contributed by atoms with van der Waals surface area (Å²) in [6.07, 6.45) is 7.20. The van der Waals surface area contributed by atoms with Gasteiger partial charge in [-0.3, -0.25) is 10.1 Å². The van der Waals surface area contributed by atoms with Crippen molar-refractivity contribution < 1.29 is 4.79 Å². The maximum Gasteiger partial charge on any atom is 0.241 e. The second kappa shape index (κ2) is 7.78. The molecule has 0 bridgehead atoms. The molecule has 18 heavy (non-hydrogen) atoms. The van der Waals surface area contributed by atoms with Crippen LogP contribution in [0.2, 0.25) is 0 Å². The van der Waals surface area contributed by atoms with Gasteiger partial charge in [0, 0.05) is 6.54 Å². The van der Waals surface area contributed by atoms with Gasteiger partial charge in [-0.1, -0.05) is 46.5 Å². The summed E-state index contributed by atoms with van der Waals surface area (Å²) in [4.78, 5) is 14.4. The molecule has 1 saturated heterocycles. The van der Waals surface area contributed by atoms with Crippen LogP contribution in [-0.4, -0.2) is 29.6 Å². The van der Waals surface area contributed by atoms with Gasteiger partial charge in [-0.05, 0) is 25.7 Å². The Kier molecular flexibility index (Phi) is 6.69. The van der Waals surface area contributed by atoms with Gasteiger partial charge in [0.25, 0.3) is 0 Å². The lowest BCUT2D eigenvalue weighted by Gasteiger charge is -2.26. The molecular formula is C15H30N2O. The first-order chi connectivity index (χ1) is 8.63. The number of carbonyl (C=O) groups is 1. The summed E-state index contributed by atoms with van der Waals surface area (Å²) in [6, 6.07) is 0.0636. The van der Waals surface area contributed by atoms with Gasteiger partial charge in [-0.15, -0.1) is 0 Å². The monoisotopic (exact) mass is 254 g/mol. The predicted octanol–water partition coefficient (Wildman–Crippen LogP) is 3.15. The van der Waals surface area contributed by atoms with Crippen LogP contribution in [0.25, 0.3) is 0 Å². The molecule has 1 rings (SSSR count). The smallest absolute Gasteiger partial charge is 0.241 e. The third-order valence-corrected chi connectivity index (χ3v) is 4.07. The van der Waals surface area contributed by atoms with Crippen molar-refractivity contribution in [3.63, 3.8) is 0 Å². The molecule has 0 aromatic heterocycles. The highest BCUT2D eigenvalue weighted by molar-refractivity contribution is 5.84. The van der Waals surface area contributed by atoms with Gasteiger partial charge in [0.05, 0.1) is 12.2 Å². The SMILES string of the molecule is CCCCC(CC)CN1C(=O)C(CCC)NC1C. The minimum atomic E-state index is 0.0636. The first-order valence-electron chi connectivity index (χ1n) is 7.70. The summed E-state index contributed by atoms with van der Waals surface area (Å²) in [5, 5.41) is 3.42. The van der Waals surface area contributed by atoms with E-state index in [1.807, 2.05) is 0 Å².